The number of carbonyl (C=O) groups is 1. The van der Waals surface area contributed by atoms with Crippen LogP contribution in [0.25, 0.3) is 0 Å². The summed E-state index contributed by atoms with van der Waals surface area (Å²) in [5.74, 6) is -0.391. The van der Waals surface area contributed by atoms with E-state index in [1.165, 1.54) is 14.0 Å². The van der Waals surface area contributed by atoms with E-state index < -0.39 is 23.2 Å². The van der Waals surface area contributed by atoms with E-state index in [1.54, 1.807) is 6.07 Å². The molecule has 84 valence electrons. The summed E-state index contributed by atoms with van der Waals surface area (Å²) >= 11 is 0. The second-order valence-corrected chi connectivity index (χ2v) is 3.11. The van der Waals surface area contributed by atoms with Crippen LogP contribution in [0.4, 0.5) is 0 Å². The van der Waals surface area contributed by atoms with Crippen LogP contribution in [0, 0.1) is 11.3 Å². The van der Waals surface area contributed by atoms with Crippen molar-refractivity contribution < 1.29 is 4.79 Å². The monoisotopic (exact) mass is 222 g/mol. The minimum atomic E-state index is -0.790. The third-order valence-electron chi connectivity index (χ3n) is 2.13. The lowest BCUT2D eigenvalue weighted by Crippen LogP contribution is -2.38. The number of hydrogen-bond donors (Lipinski definition) is 2. The Labute approximate surface area is 90.3 Å². The summed E-state index contributed by atoms with van der Waals surface area (Å²) in [6.07, 6.45) is 1.07. The molecule has 1 aromatic rings. The third kappa shape index (κ3) is 2.00. The van der Waals surface area contributed by atoms with E-state index in [1.807, 2.05) is 4.98 Å². The molecule has 0 saturated heterocycles. The Hall–Kier alpha value is -2.36. The van der Waals surface area contributed by atoms with Gasteiger partial charge in [0.15, 0.2) is 0 Å². The number of amides is 1. The summed E-state index contributed by atoms with van der Waals surface area (Å²) in [5.41, 5.74) is -1.69. The Kier molecular flexibility index (Phi) is 3.25. The second-order valence-electron chi connectivity index (χ2n) is 3.11. The Balaban J connectivity index is 3.36. The van der Waals surface area contributed by atoms with Crippen LogP contribution in [0.2, 0.25) is 0 Å². The van der Waals surface area contributed by atoms with E-state index >= 15 is 0 Å². The van der Waals surface area contributed by atoms with Crippen LogP contribution in [0.5, 0.6) is 0 Å². The van der Waals surface area contributed by atoms with E-state index in [4.69, 9.17) is 5.26 Å². The first kappa shape index (κ1) is 11.7. The number of likely N-dealkylation sites (N-methyl/N-ethyl adjacent to an activating group) is 1. The molecule has 7 nitrogen and oxygen atoms in total. The molecule has 0 bridgehead atoms. The molecular formula is C9H10N4O3. The fraction of sp³-hybridized carbons (Fsp3) is 0.333. The molecule has 0 radical (unpaired) electrons. The van der Waals surface area contributed by atoms with Crippen LogP contribution in [-0.4, -0.2) is 22.5 Å². The molecule has 0 fully saturated rings. The van der Waals surface area contributed by atoms with Gasteiger partial charge >= 0.3 is 5.69 Å². The third-order valence-corrected chi connectivity index (χ3v) is 2.13. The van der Waals surface area contributed by atoms with Gasteiger partial charge in [0.25, 0.3) is 5.56 Å². The van der Waals surface area contributed by atoms with Gasteiger partial charge in [-0.1, -0.05) is 0 Å². The summed E-state index contributed by atoms with van der Waals surface area (Å²) in [7, 11) is 1.43. The maximum atomic E-state index is 11.4. The van der Waals surface area contributed by atoms with Crippen LogP contribution in [0.3, 0.4) is 0 Å². The highest BCUT2D eigenvalue weighted by atomic mass is 16.2. The summed E-state index contributed by atoms with van der Waals surface area (Å²) in [4.78, 5) is 35.8. The van der Waals surface area contributed by atoms with E-state index in [-0.39, 0.29) is 5.56 Å². The van der Waals surface area contributed by atoms with Crippen molar-refractivity contribution in [2.45, 2.75) is 13.0 Å². The number of aromatic nitrogens is 2. The van der Waals surface area contributed by atoms with E-state index in [2.05, 4.69) is 5.32 Å². The molecular weight excluding hydrogens is 212 g/mol. The molecule has 1 heterocycles. The molecule has 0 saturated carbocycles. The van der Waals surface area contributed by atoms with E-state index in [9.17, 15) is 14.4 Å². The van der Waals surface area contributed by atoms with Gasteiger partial charge in [-0.3, -0.25) is 19.1 Å². The molecule has 1 unspecified atom stereocenters. The Bertz CT molecular complexity index is 563. The minimum Gasteiger partial charge on any atom is -0.357 e. The molecule has 0 aliphatic carbocycles. The highest BCUT2D eigenvalue weighted by molar-refractivity contribution is 5.79. The molecule has 16 heavy (non-hydrogen) atoms. The predicted octanol–water partition coefficient (Wildman–Crippen LogP) is -1.28. The average Bonchev–Trinajstić information content (AvgIpc) is 2.27. The molecule has 7 heteroatoms. The molecule has 2 N–H and O–H groups in total. The van der Waals surface area contributed by atoms with Gasteiger partial charge in [0.05, 0.1) is 0 Å². The van der Waals surface area contributed by atoms with Gasteiger partial charge in [0.2, 0.25) is 5.91 Å². The number of hydrogen-bond acceptors (Lipinski definition) is 4. The standard InChI is InChI=1S/C9H10N4O3/c1-5(7(14)11-2)13-4-6(3-10)8(15)12-9(13)16/h4-5H,1-2H3,(H,11,14)(H,12,15,16). The highest BCUT2D eigenvalue weighted by Gasteiger charge is 2.16. The first-order valence-electron chi connectivity index (χ1n) is 4.48. The van der Waals surface area contributed by atoms with Gasteiger partial charge < -0.3 is 5.32 Å². The number of rotatable bonds is 2. The lowest BCUT2D eigenvalue weighted by molar-refractivity contribution is -0.123. The van der Waals surface area contributed by atoms with Crippen LogP contribution in [0.15, 0.2) is 15.8 Å². The van der Waals surface area contributed by atoms with Crippen LogP contribution >= 0.6 is 0 Å². The van der Waals surface area contributed by atoms with Gasteiger partial charge in [-0.05, 0) is 6.92 Å². The van der Waals surface area contributed by atoms with E-state index in [0.29, 0.717) is 0 Å². The van der Waals surface area contributed by atoms with Crippen molar-refractivity contribution in [2.75, 3.05) is 7.05 Å². The zero-order valence-electron chi connectivity index (χ0n) is 8.77. The summed E-state index contributed by atoms with van der Waals surface area (Å²) in [6.45, 7) is 1.49. The Morgan fingerprint density at radius 3 is 2.75 bits per heavy atom. The number of carbonyl (C=O) groups excluding carboxylic acids is 1. The molecule has 1 atom stereocenters. The van der Waals surface area contributed by atoms with Crippen molar-refractivity contribution in [1.82, 2.24) is 14.9 Å². The van der Waals surface area contributed by atoms with Crippen LogP contribution in [-0.2, 0) is 4.79 Å². The summed E-state index contributed by atoms with van der Waals surface area (Å²) < 4.78 is 0.999. The highest BCUT2D eigenvalue weighted by Crippen LogP contribution is 2.00. The van der Waals surface area contributed by atoms with Crippen molar-refractivity contribution in [3.8, 4) is 6.07 Å². The van der Waals surface area contributed by atoms with Crippen LogP contribution in [0.1, 0.15) is 18.5 Å². The topological polar surface area (TPSA) is 108 Å². The van der Waals surface area contributed by atoms with Gasteiger partial charge in [0.1, 0.15) is 17.7 Å². The summed E-state index contributed by atoms with van der Waals surface area (Å²) in [6, 6.07) is 0.849. The molecule has 1 rings (SSSR count). The Morgan fingerprint density at radius 1 is 1.62 bits per heavy atom. The zero-order chi connectivity index (χ0) is 12.3. The maximum Gasteiger partial charge on any atom is 0.329 e. The maximum absolute atomic E-state index is 11.4. The zero-order valence-corrected chi connectivity index (χ0v) is 8.77. The quantitative estimate of drug-likeness (QED) is 0.649. The van der Waals surface area contributed by atoms with Gasteiger partial charge in [-0.15, -0.1) is 0 Å². The molecule has 0 aliphatic heterocycles. The molecule has 1 aromatic heterocycles. The van der Waals surface area contributed by atoms with Crippen molar-refractivity contribution >= 4 is 5.91 Å². The summed E-state index contributed by atoms with van der Waals surface area (Å²) in [5, 5.41) is 11.0. The number of aromatic amines is 1. The first-order chi connectivity index (χ1) is 7.51. The number of nitrogens with one attached hydrogen (secondary N) is 2. The fourth-order valence-corrected chi connectivity index (χ4v) is 1.19. The van der Waals surface area contributed by atoms with E-state index in [0.717, 1.165) is 10.8 Å². The smallest absolute Gasteiger partial charge is 0.329 e. The van der Waals surface area contributed by atoms with Crippen molar-refractivity contribution in [1.29, 1.82) is 5.26 Å². The number of H-pyrrole nitrogens is 1. The normalized spacial score (nSPS) is 11.6. The van der Waals surface area contributed by atoms with Crippen molar-refractivity contribution in [3.05, 3.63) is 32.6 Å². The van der Waals surface area contributed by atoms with Crippen molar-refractivity contribution in [3.63, 3.8) is 0 Å². The second kappa shape index (κ2) is 4.44. The van der Waals surface area contributed by atoms with Crippen molar-refractivity contribution in [2.24, 2.45) is 0 Å². The molecule has 0 aromatic carbocycles. The largest absolute Gasteiger partial charge is 0.357 e. The Morgan fingerprint density at radius 2 is 2.25 bits per heavy atom. The minimum absolute atomic E-state index is 0.213. The van der Waals surface area contributed by atoms with Gasteiger partial charge in [-0.2, -0.15) is 5.26 Å². The molecule has 1 amide bonds. The predicted molar refractivity (Wildman–Crippen MR) is 54.8 cm³/mol. The lowest BCUT2D eigenvalue weighted by atomic mass is 10.3. The molecule has 0 spiro atoms. The number of nitrogens with zero attached hydrogens (tertiary/aromatic N) is 2. The van der Waals surface area contributed by atoms with Gasteiger partial charge in [0, 0.05) is 13.2 Å². The fourth-order valence-electron chi connectivity index (χ4n) is 1.19. The average molecular weight is 222 g/mol. The van der Waals surface area contributed by atoms with Crippen LogP contribution < -0.4 is 16.6 Å². The SMILES string of the molecule is CNC(=O)C(C)n1cc(C#N)c(=O)[nH]c1=O. The number of nitriles is 1. The first-order valence-corrected chi connectivity index (χ1v) is 4.48. The molecule has 0 aliphatic rings. The van der Waals surface area contributed by atoms with Gasteiger partial charge in [-0.25, -0.2) is 4.79 Å². The lowest BCUT2D eigenvalue weighted by Gasteiger charge is -2.12.